The molecule has 86 valence electrons. The Morgan fingerprint density at radius 1 is 1.38 bits per heavy atom. The van der Waals surface area contributed by atoms with Gasteiger partial charge in [0.05, 0.1) is 11.9 Å². The highest BCUT2D eigenvalue weighted by Crippen LogP contribution is 2.03. The third-order valence-corrected chi connectivity index (χ3v) is 2.53. The topological polar surface area (TPSA) is 47.7 Å². The summed E-state index contributed by atoms with van der Waals surface area (Å²) in [6.07, 6.45) is 6.75. The van der Waals surface area contributed by atoms with Crippen LogP contribution in [0.1, 0.15) is 11.3 Å². The number of rotatable bonds is 5. The van der Waals surface area contributed by atoms with E-state index in [9.17, 15) is 0 Å². The van der Waals surface area contributed by atoms with E-state index in [1.807, 2.05) is 48.1 Å². The van der Waals surface area contributed by atoms with E-state index in [-0.39, 0.29) is 0 Å². The minimum Gasteiger partial charge on any atom is -0.314 e. The van der Waals surface area contributed by atoms with E-state index >= 15 is 0 Å². The van der Waals surface area contributed by atoms with Gasteiger partial charge in [-0.15, -0.1) is 0 Å². The summed E-state index contributed by atoms with van der Waals surface area (Å²) in [6.45, 7) is 1.75. The molecular formula is C11H17N5. The van der Waals surface area contributed by atoms with Gasteiger partial charge in [-0.3, -0.25) is 9.36 Å². The monoisotopic (exact) mass is 219 g/mol. The predicted octanol–water partition coefficient (Wildman–Crippen LogP) is 0.579. The Hall–Kier alpha value is -1.62. The lowest BCUT2D eigenvalue weighted by Gasteiger charge is -2.05. The van der Waals surface area contributed by atoms with E-state index in [1.165, 1.54) is 11.3 Å². The highest BCUT2D eigenvalue weighted by atomic mass is 15.3. The Labute approximate surface area is 95.1 Å². The van der Waals surface area contributed by atoms with Gasteiger partial charge in [0, 0.05) is 32.5 Å². The third kappa shape index (κ3) is 2.49. The summed E-state index contributed by atoms with van der Waals surface area (Å²) in [5, 5.41) is 11.6. The van der Waals surface area contributed by atoms with E-state index < -0.39 is 0 Å². The van der Waals surface area contributed by atoms with Crippen molar-refractivity contribution in [3.8, 4) is 0 Å². The first-order valence-corrected chi connectivity index (χ1v) is 5.42. The van der Waals surface area contributed by atoms with Gasteiger partial charge in [0.1, 0.15) is 0 Å². The molecule has 2 aromatic heterocycles. The molecule has 0 saturated heterocycles. The molecule has 0 aromatic carbocycles. The summed E-state index contributed by atoms with van der Waals surface area (Å²) in [4.78, 5) is 0. The zero-order valence-electron chi connectivity index (χ0n) is 9.72. The van der Waals surface area contributed by atoms with E-state index in [4.69, 9.17) is 0 Å². The summed E-state index contributed by atoms with van der Waals surface area (Å²) >= 11 is 0. The van der Waals surface area contributed by atoms with Crippen LogP contribution in [0.25, 0.3) is 0 Å². The fourth-order valence-corrected chi connectivity index (χ4v) is 1.73. The summed E-state index contributed by atoms with van der Waals surface area (Å²) in [5.41, 5.74) is 2.46. The normalized spacial score (nSPS) is 10.9. The van der Waals surface area contributed by atoms with Crippen molar-refractivity contribution in [3.05, 3.63) is 35.9 Å². The van der Waals surface area contributed by atoms with E-state index in [2.05, 4.69) is 15.5 Å². The molecule has 0 aliphatic rings. The summed E-state index contributed by atoms with van der Waals surface area (Å²) in [7, 11) is 3.88. The summed E-state index contributed by atoms with van der Waals surface area (Å²) in [5.74, 6) is 0. The van der Waals surface area contributed by atoms with Gasteiger partial charge in [0.25, 0.3) is 0 Å². The van der Waals surface area contributed by atoms with Crippen molar-refractivity contribution in [1.82, 2.24) is 24.9 Å². The molecule has 5 nitrogen and oxygen atoms in total. The number of nitrogens with zero attached hydrogens (tertiary/aromatic N) is 4. The lowest BCUT2D eigenvalue weighted by atomic mass is 10.2. The molecule has 0 spiro atoms. The lowest BCUT2D eigenvalue weighted by molar-refractivity contribution is 0.571. The first-order valence-electron chi connectivity index (χ1n) is 5.42. The van der Waals surface area contributed by atoms with Crippen LogP contribution in [-0.4, -0.2) is 26.6 Å². The Morgan fingerprint density at radius 2 is 2.25 bits per heavy atom. The Kier molecular flexibility index (Phi) is 3.36. The highest BCUT2D eigenvalue weighted by Gasteiger charge is 2.02. The standard InChI is InChI=1S/C11H17N5/c1-12-8-11-3-5-13-16(11)6-4-10-7-14-15(2)9-10/h3,5,7,9,12H,4,6,8H2,1-2H3. The van der Waals surface area contributed by atoms with Gasteiger partial charge >= 0.3 is 0 Å². The van der Waals surface area contributed by atoms with Crippen LogP contribution in [0.5, 0.6) is 0 Å². The highest BCUT2D eigenvalue weighted by molar-refractivity contribution is 5.05. The zero-order chi connectivity index (χ0) is 11.4. The predicted molar refractivity (Wildman–Crippen MR) is 61.9 cm³/mol. The van der Waals surface area contributed by atoms with Crippen LogP contribution in [0.3, 0.4) is 0 Å². The van der Waals surface area contributed by atoms with Gasteiger partial charge in [-0.1, -0.05) is 0 Å². The van der Waals surface area contributed by atoms with Gasteiger partial charge < -0.3 is 5.32 Å². The summed E-state index contributed by atoms with van der Waals surface area (Å²) < 4.78 is 3.86. The van der Waals surface area contributed by atoms with Crippen LogP contribution in [0.4, 0.5) is 0 Å². The second-order valence-corrected chi connectivity index (χ2v) is 3.85. The molecule has 2 aromatic rings. The molecule has 0 aliphatic carbocycles. The van der Waals surface area contributed by atoms with Crippen LogP contribution >= 0.6 is 0 Å². The average Bonchev–Trinajstić information content (AvgIpc) is 2.85. The minimum atomic E-state index is 0.854. The largest absolute Gasteiger partial charge is 0.314 e. The summed E-state index contributed by atoms with van der Waals surface area (Å²) in [6, 6.07) is 2.04. The maximum absolute atomic E-state index is 4.31. The molecule has 0 amide bonds. The molecule has 16 heavy (non-hydrogen) atoms. The molecule has 0 bridgehead atoms. The van der Waals surface area contributed by atoms with Crippen LogP contribution in [0.15, 0.2) is 24.7 Å². The van der Waals surface area contributed by atoms with Crippen LogP contribution in [0.2, 0.25) is 0 Å². The molecule has 5 heteroatoms. The van der Waals surface area contributed by atoms with Crippen LogP contribution in [-0.2, 0) is 26.6 Å². The Bertz CT molecular complexity index is 443. The molecule has 2 heterocycles. The zero-order valence-corrected chi connectivity index (χ0v) is 9.72. The van der Waals surface area contributed by atoms with Crippen LogP contribution < -0.4 is 5.32 Å². The van der Waals surface area contributed by atoms with Crippen molar-refractivity contribution in [2.75, 3.05) is 7.05 Å². The maximum Gasteiger partial charge on any atom is 0.0522 e. The number of aryl methyl sites for hydroxylation is 3. The molecule has 0 aliphatic heterocycles. The van der Waals surface area contributed by atoms with Crippen molar-refractivity contribution in [3.63, 3.8) is 0 Å². The average molecular weight is 219 g/mol. The lowest BCUT2D eigenvalue weighted by Crippen LogP contribution is -2.13. The van der Waals surface area contributed by atoms with Gasteiger partial charge in [-0.2, -0.15) is 10.2 Å². The second kappa shape index (κ2) is 4.94. The Balaban J connectivity index is 1.96. The minimum absolute atomic E-state index is 0.854. The van der Waals surface area contributed by atoms with Gasteiger partial charge in [0.2, 0.25) is 0 Å². The molecule has 0 saturated carbocycles. The fourth-order valence-electron chi connectivity index (χ4n) is 1.73. The van der Waals surface area contributed by atoms with Gasteiger partial charge in [0.15, 0.2) is 0 Å². The van der Waals surface area contributed by atoms with E-state index in [1.54, 1.807) is 0 Å². The molecular weight excluding hydrogens is 202 g/mol. The number of hydrogen-bond donors (Lipinski definition) is 1. The van der Waals surface area contributed by atoms with Crippen molar-refractivity contribution in [1.29, 1.82) is 0 Å². The molecule has 0 atom stereocenters. The van der Waals surface area contributed by atoms with Crippen molar-refractivity contribution in [2.45, 2.75) is 19.5 Å². The fraction of sp³-hybridized carbons (Fsp3) is 0.455. The van der Waals surface area contributed by atoms with E-state index in [0.29, 0.717) is 0 Å². The Morgan fingerprint density at radius 3 is 2.94 bits per heavy atom. The number of nitrogens with one attached hydrogen (secondary N) is 1. The van der Waals surface area contributed by atoms with Crippen molar-refractivity contribution in [2.24, 2.45) is 7.05 Å². The van der Waals surface area contributed by atoms with Crippen molar-refractivity contribution < 1.29 is 0 Å². The first-order chi connectivity index (χ1) is 7.79. The van der Waals surface area contributed by atoms with Gasteiger partial charge in [-0.25, -0.2) is 0 Å². The van der Waals surface area contributed by atoms with Crippen molar-refractivity contribution >= 4 is 0 Å². The van der Waals surface area contributed by atoms with E-state index in [0.717, 1.165) is 19.5 Å². The molecule has 0 radical (unpaired) electrons. The smallest absolute Gasteiger partial charge is 0.0522 e. The second-order valence-electron chi connectivity index (χ2n) is 3.85. The SMILES string of the molecule is CNCc1ccnn1CCc1cnn(C)c1. The van der Waals surface area contributed by atoms with Crippen LogP contribution in [0, 0.1) is 0 Å². The quantitative estimate of drug-likeness (QED) is 0.800. The number of hydrogen-bond acceptors (Lipinski definition) is 3. The molecule has 0 fully saturated rings. The molecule has 1 N–H and O–H groups in total. The third-order valence-electron chi connectivity index (χ3n) is 2.53. The van der Waals surface area contributed by atoms with Gasteiger partial charge in [-0.05, 0) is 25.1 Å². The first kappa shape index (κ1) is 10.9. The number of aromatic nitrogens is 4. The molecule has 0 unspecified atom stereocenters. The molecule has 2 rings (SSSR count). The maximum atomic E-state index is 4.31.